The first-order valence-corrected chi connectivity index (χ1v) is 8.21. The van der Waals surface area contributed by atoms with Crippen LogP contribution >= 0.6 is 8.58 Å². The summed E-state index contributed by atoms with van der Waals surface area (Å²) in [6.07, 6.45) is 5.24. The van der Waals surface area contributed by atoms with Gasteiger partial charge in [-0.3, -0.25) is 4.98 Å². The monoisotopic (exact) mass is 343 g/mol. The summed E-state index contributed by atoms with van der Waals surface area (Å²) in [6.45, 7) is 15.8. The summed E-state index contributed by atoms with van der Waals surface area (Å²) in [7, 11) is 0.289. The Hall–Kier alpha value is -2.38. The van der Waals surface area contributed by atoms with E-state index in [9.17, 15) is 8.78 Å². The zero-order valence-electron chi connectivity index (χ0n) is 13.7. The third kappa shape index (κ3) is 5.07. The van der Waals surface area contributed by atoms with E-state index < -0.39 is 11.6 Å². The normalized spacial score (nSPS) is 10.6. The second-order valence-corrected chi connectivity index (χ2v) is 6.15. The number of halogens is 2. The van der Waals surface area contributed by atoms with Gasteiger partial charge in [-0.2, -0.15) is 0 Å². The molecule has 0 amide bonds. The molecule has 2 aromatic rings. The molecule has 0 saturated heterocycles. The first kappa shape index (κ1) is 19.7. The van der Waals surface area contributed by atoms with Gasteiger partial charge in [-0.15, -0.1) is 13.2 Å². The molecular weight excluding hydrogens is 323 g/mol. The fraction of sp³-hybridized carbons (Fsp3) is 0.0500. The lowest BCUT2D eigenvalue weighted by molar-refractivity contribution is 0.611. The maximum Gasteiger partial charge on any atom is 0.149 e. The molecule has 24 heavy (non-hydrogen) atoms. The Morgan fingerprint density at radius 3 is 2.42 bits per heavy atom. The Kier molecular flexibility index (Phi) is 7.94. The van der Waals surface area contributed by atoms with Crippen molar-refractivity contribution in [3.05, 3.63) is 97.5 Å². The Balaban J connectivity index is 0.00000139. The van der Waals surface area contributed by atoms with Crippen molar-refractivity contribution in [1.29, 1.82) is 0 Å². The first-order chi connectivity index (χ1) is 11.5. The highest BCUT2D eigenvalue weighted by Gasteiger charge is 2.12. The molecule has 1 nitrogen and oxygen atoms in total. The van der Waals surface area contributed by atoms with Gasteiger partial charge in [0.25, 0.3) is 0 Å². The largest absolute Gasteiger partial charge is 0.253 e. The lowest BCUT2D eigenvalue weighted by Crippen LogP contribution is -1.93. The third-order valence-corrected chi connectivity index (χ3v) is 4.09. The van der Waals surface area contributed by atoms with Gasteiger partial charge in [-0.1, -0.05) is 40.0 Å². The van der Waals surface area contributed by atoms with Gasteiger partial charge < -0.3 is 0 Å². The van der Waals surface area contributed by atoms with Crippen LogP contribution in [0.25, 0.3) is 16.6 Å². The molecule has 0 saturated carbocycles. The molecule has 0 aliphatic rings. The summed E-state index contributed by atoms with van der Waals surface area (Å²) in [5.41, 5.74) is 0.838. The molecule has 1 aromatic carbocycles. The maximum atomic E-state index is 14.3. The minimum Gasteiger partial charge on any atom is -0.253 e. The van der Waals surface area contributed by atoms with E-state index in [0.29, 0.717) is 5.56 Å². The predicted molar refractivity (Wildman–Crippen MR) is 102 cm³/mol. The Morgan fingerprint density at radius 2 is 1.83 bits per heavy atom. The number of hydrogen-bond donors (Lipinski definition) is 0. The molecule has 0 spiro atoms. The Labute approximate surface area is 143 Å². The summed E-state index contributed by atoms with van der Waals surface area (Å²) >= 11 is 0. The van der Waals surface area contributed by atoms with Crippen molar-refractivity contribution < 1.29 is 8.78 Å². The molecule has 4 heteroatoms. The molecule has 2 rings (SSSR count). The van der Waals surface area contributed by atoms with Crippen molar-refractivity contribution in [2.75, 3.05) is 0 Å². The van der Waals surface area contributed by atoms with E-state index in [4.69, 9.17) is 0 Å². The number of hydrogen-bond acceptors (Lipinski definition) is 1. The topological polar surface area (TPSA) is 12.9 Å². The highest BCUT2D eigenvalue weighted by Crippen LogP contribution is 2.39. The third-order valence-electron chi connectivity index (χ3n) is 3.01. The van der Waals surface area contributed by atoms with E-state index in [1.807, 2.05) is 19.1 Å². The van der Waals surface area contributed by atoms with Gasteiger partial charge in [-0.05, 0) is 47.4 Å². The average molecular weight is 343 g/mol. The summed E-state index contributed by atoms with van der Waals surface area (Å²) in [5, 5.41) is 1.71. The minimum absolute atomic E-state index is 0.0120. The Morgan fingerprint density at radius 1 is 1.12 bits per heavy atom. The number of rotatable bonds is 5. The first-order valence-electron chi connectivity index (χ1n) is 7.21. The van der Waals surface area contributed by atoms with Crippen LogP contribution in [0.1, 0.15) is 12.5 Å². The van der Waals surface area contributed by atoms with E-state index in [-0.39, 0.29) is 19.8 Å². The minimum atomic E-state index is -0.545. The molecule has 0 N–H and O–H groups in total. The van der Waals surface area contributed by atoms with Crippen molar-refractivity contribution in [3.63, 3.8) is 0 Å². The van der Waals surface area contributed by atoms with Crippen LogP contribution in [0.15, 0.2) is 80.3 Å². The molecule has 0 radical (unpaired) electrons. The molecule has 124 valence electrons. The van der Waals surface area contributed by atoms with Crippen molar-refractivity contribution >= 4 is 13.9 Å². The summed E-state index contributed by atoms with van der Waals surface area (Å²) < 4.78 is 28.0. The van der Waals surface area contributed by atoms with Gasteiger partial charge >= 0.3 is 0 Å². The van der Waals surface area contributed by atoms with Crippen LogP contribution in [0.5, 0.6) is 0 Å². The molecule has 0 bridgehead atoms. The van der Waals surface area contributed by atoms with E-state index in [0.717, 1.165) is 10.6 Å². The Bertz CT molecular complexity index is 766. The standard InChI is InChI=1S/C18H16F2NP.C2H4/c1-4-6-12(2)22-13(3)14-8-9-15(17(20)11-14)18-16(19)7-5-10-21-18;1-2/h4-11,22H,2-3H2,1H3;1-2H2/b6-4-;. The molecule has 0 aliphatic heterocycles. The van der Waals surface area contributed by atoms with Crippen molar-refractivity contribution in [1.82, 2.24) is 4.98 Å². The van der Waals surface area contributed by atoms with Crippen LogP contribution in [-0.2, 0) is 0 Å². The summed E-state index contributed by atoms with van der Waals surface area (Å²) in [6, 6.07) is 7.36. The van der Waals surface area contributed by atoms with Crippen molar-refractivity contribution in [3.8, 4) is 11.3 Å². The number of nitrogens with zero attached hydrogens (tertiary/aromatic N) is 1. The van der Waals surface area contributed by atoms with Crippen LogP contribution in [0, 0.1) is 11.6 Å². The smallest absolute Gasteiger partial charge is 0.149 e. The average Bonchev–Trinajstić information content (AvgIpc) is 2.57. The van der Waals surface area contributed by atoms with Gasteiger partial charge in [0.05, 0.1) is 0 Å². The number of aromatic nitrogens is 1. The quantitative estimate of drug-likeness (QED) is 0.340. The zero-order chi connectivity index (χ0) is 18.1. The van der Waals surface area contributed by atoms with Crippen molar-refractivity contribution in [2.45, 2.75) is 6.92 Å². The predicted octanol–water partition coefficient (Wildman–Crippen LogP) is 6.57. The lowest BCUT2D eigenvalue weighted by Gasteiger charge is -2.09. The van der Waals surface area contributed by atoms with E-state index in [1.165, 1.54) is 30.5 Å². The zero-order valence-corrected chi connectivity index (χ0v) is 14.7. The number of allylic oxidation sites excluding steroid dienone is 3. The molecular formula is C20H20F2NP. The van der Waals surface area contributed by atoms with Crippen molar-refractivity contribution in [2.24, 2.45) is 0 Å². The van der Waals surface area contributed by atoms with Gasteiger partial charge in [0, 0.05) is 11.8 Å². The van der Waals surface area contributed by atoms with E-state index in [1.54, 1.807) is 6.07 Å². The van der Waals surface area contributed by atoms with E-state index >= 15 is 0 Å². The fourth-order valence-corrected chi connectivity index (χ4v) is 2.93. The summed E-state index contributed by atoms with van der Waals surface area (Å²) in [5.74, 6) is -1.06. The van der Waals surface area contributed by atoms with Gasteiger partial charge in [0.1, 0.15) is 17.3 Å². The molecule has 0 fully saturated rings. The van der Waals surface area contributed by atoms with Crippen LogP contribution in [0.2, 0.25) is 0 Å². The van der Waals surface area contributed by atoms with Crippen LogP contribution < -0.4 is 0 Å². The fourth-order valence-electron chi connectivity index (χ4n) is 1.99. The second kappa shape index (κ2) is 9.69. The van der Waals surface area contributed by atoms with Gasteiger partial charge in [0.2, 0.25) is 0 Å². The van der Waals surface area contributed by atoms with E-state index in [2.05, 4.69) is 31.3 Å². The molecule has 1 unspecified atom stereocenters. The SMILES string of the molecule is C=C.C=C(/C=C\C)PC(=C)c1ccc(-c2ncccc2F)c(F)c1. The molecule has 0 aliphatic carbocycles. The number of pyridine rings is 1. The molecule has 1 heterocycles. The summed E-state index contributed by atoms with van der Waals surface area (Å²) in [4.78, 5) is 3.90. The van der Waals surface area contributed by atoms with Crippen LogP contribution in [-0.4, -0.2) is 4.98 Å². The highest BCUT2D eigenvalue weighted by atomic mass is 31.1. The van der Waals surface area contributed by atoms with Gasteiger partial charge in [-0.25, -0.2) is 8.78 Å². The molecule has 1 aromatic heterocycles. The number of benzene rings is 1. The highest BCUT2D eigenvalue weighted by molar-refractivity contribution is 7.55. The van der Waals surface area contributed by atoms with Crippen LogP contribution in [0.4, 0.5) is 8.78 Å². The second-order valence-electron chi connectivity index (χ2n) is 4.66. The molecule has 1 atom stereocenters. The maximum absolute atomic E-state index is 14.3. The van der Waals surface area contributed by atoms with Gasteiger partial charge in [0.15, 0.2) is 0 Å². The van der Waals surface area contributed by atoms with Crippen LogP contribution in [0.3, 0.4) is 0 Å². The lowest BCUT2D eigenvalue weighted by atomic mass is 10.1.